The van der Waals surface area contributed by atoms with E-state index in [4.69, 9.17) is 28.8 Å². The highest BCUT2D eigenvalue weighted by atomic mass is 32.1. The van der Waals surface area contributed by atoms with Crippen molar-refractivity contribution in [1.82, 2.24) is 5.32 Å². The van der Waals surface area contributed by atoms with Crippen molar-refractivity contribution in [2.75, 3.05) is 11.4 Å². The predicted molar refractivity (Wildman–Crippen MR) is 88.6 cm³/mol. The number of hydrogen-bond acceptors (Lipinski definition) is 5. The average molecular weight is 338 g/mol. The van der Waals surface area contributed by atoms with Gasteiger partial charge >= 0.3 is 5.97 Å². The Hall–Kier alpha value is -2.52. The fourth-order valence-electron chi connectivity index (χ4n) is 1.68. The van der Waals surface area contributed by atoms with Crippen LogP contribution in [0.3, 0.4) is 0 Å². The van der Waals surface area contributed by atoms with Crippen LogP contribution in [0.1, 0.15) is 12.8 Å². The van der Waals surface area contributed by atoms with Crippen LogP contribution in [0, 0.1) is 0 Å². The summed E-state index contributed by atoms with van der Waals surface area (Å²) in [7, 11) is 0. The number of carboxylic acids is 1. The fraction of sp³-hybridized carbons (Fsp3) is 0.286. The minimum Gasteiger partial charge on any atom is -0.480 e. The van der Waals surface area contributed by atoms with Gasteiger partial charge in [0, 0.05) is 12.1 Å². The summed E-state index contributed by atoms with van der Waals surface area (Å²) in [5.74, 6) is -1.69. The van der Waals surface area contributed by atoms with Gasteiger partial charge in [-0.3, -0.25) is 14.4 Å². The van der Waals surface area contributed by atoms with Gasteiger partial charge in [-0.05, 0) is 30.8 Å². The quantitative estimate of drug-likeness (QED) is 0.534. The summed E-state index contributed by atoms with van der Waals surface area (Å²) in [6, 6.07) is 8.63. The van der Waals surface area contributed by atoms with Crippen molar-refractivity contribution in [1.29, 1.82) is 0 Å². The lowest BCUT2D eigenvalue weighted by Gasteiger charge is -2.14. The predicted octanol–water partition coefficient (Wildman–Crippen LogP) is -0.428. The molecule has 2 amide bonds. The SMILES string of the molecule is NC(=O)CC[C@H](N)C(=O)O.O=C1CN(c2ccccc2)C(=S)N1. The normalized spacial score (nSPS) is 14.6. The van der Waals surface area contributed by atoms with E-state index in [-0.39, 0.29) is 18.7 Å². The van der Waals surface area contributed by atoms with E-state index in [1.165, 1.54) is 0 Å². The molecule has 1 atom stereocenters. The Bertz CT molecular complexity index is 594. The van der Waals surface area contributed by atoms with E-state index in [1.807, 2.05) is 30.3 Å². The molecule has 1 heterocycles. The van der Waals surface area contributed by atoms with E-state index in [1.54, 1.807) is 4.90 Å². The largest absolute Gasteiger partial charge is 0.480 e. The molecule has 23 heavy (non-hydrogen) atoms. The zero-order valence-corrected chi connectivity index (χ0v) is 13.1. The highest BCUT2D eigenvalue weighted by Crippen LogP contribution is 2.15. The number of rotatable bonds is 5. The van der Waals surface area contributed by atoms with Gasteiger partial charge in [0.05, 0.1) is 0 Å². The van der Waals surface area contributed by atoms with E-state index < -0.39 is 17.9 Å². The number of thiocarbonyl (C=S) groups is 1. The van der Waals surface area contributed by atoms with E-state index in [2.05, 4.69) is 5.32 Å². The summed E-state index contributed by atoms with van der Waals surface area (Å²) >= 11 is 4.99. The summed E-state index contributed by atoms with van der Waals surface area (Å²) < 4.78 is 0. The van der Waals surface area contributed by atoms with Crippen LogP contribution in [-0.2, 0) is 14.4 Å². The third-order valence-electron chi connectivity index (χ3n) is 2.88. The lowest BCUT2D eigenvalue weighted by molar-refractivity contribution is -0.138. The summed E-state index contributed by atoms with van der Waals surface area (Å²) in [4.78, 5) is 32.9. The van der Waals surface area contributed by atoms with Gasteiger partial charge in [0.15, 0.2) is 5.11 Å². The lowest BCUT2D eigenvalue weighted by Crippen LogP contribution is -2.31. The number of para-hydroxylation sites is 1. The number of carbonyl (C=O) groups is 3. The molecule has 0 radical (unpaired) electrons. The van der Waals surface area contributed by atoms with Crippen molar-refractivity contribution in [2.24, 2.45) is 11.5 Å². The van der Waals surface area contributed by atoms with Crippen LogP contribution in [0.2, 0.25) is 0 Å². The molecule has 1 aromatic rings. The second-order valence-electron chi connectivity index (χ2n) is 4.72. The first kappa shape index (κ1) is 18.5. The van der Waals surface area contributed by atoms with Gasteiger partial charge in [0.25, 0.3) is 0 Å². The molecular formula is C14H18N4O4S. The van der Waals surface area contributed by atoms with Crippen molar-refractivity contribution in [3.63, 3.8) is 0 Å². The number of hydrogen-bond donors (Lipinski definition) is 4. The van der Waals surface area contributed by atoms with Crippen molar-refractivity contribution >= 4 is 40.8 Å². The molecule has 0 bridgehead atoms. The Labute approximate surface area is 138 Å². The van der Waals surface area contributed by atoms with Crippen molar-refractivity contribution in [3.8, 4) is 0 Å². The van der Waals surface area contributed by atoms with Crippen molar-refractivity contribution < 1.29 is 19.5 Å². The number of aliphatic carboxylic acids is 1. The smallest absolute Gasteiger partial charge is 0.320 e. The third-order valence-corrected chi connectivity index (χ3v) is 3.20. The third kappa shape index (κ3) is 6.41. The summed E-state index contributed by atoms with van der Waals surface area (Å²) in [6.07, 6.45) is 0.123. The summed E-state index contributed by atoms with van der Waals surface area (Å²) in [6.45, 7) is 0.322. The molecule has 9 heteroatoms. The number of amides is 2. The minimum atomic E-state index is -1.11. The van der Waals surface area contributed by atoms with Gasteiger partial charge in [0.2, 0.25) is 11.8 Å². The molecule has 8 nitrogen and oxygen atoms in total. The molecule has 1 saturated heterocycles. The van der Waals surface area contributed by atoms with Gasteiger partial charge < -0.3 is 26.8 Å². The van der Waals surface area contributed by atoms with Crippen LogP contribution in [0.4, 0.5) is 5.69 Å². The first-order valence-corrected chi connectivity index (χ1v) is 7.15. The molecular weight excluding hydrogens is 320 g/mol. The standard InChI is InChI=1S/C9H8N2OS.C5H10N2O3/c12-8-6-11(9(13)10-8)7-4-2-1-3-5-7;6-3(5(9)10)1-2-4(7)8/h1-5H,6H2,(H,10,12,13);3H,1-2,6H2,(H2,7,8)(H,9,10)/t;3-/m.0/s1. The van der Waals surface area contributed by atoms with Crippen LogP contribution in [0.25, 0.3) is 0 Å². The molecule has 1 aliphatic heterocycles. The lowest BCUT2D eigenvalue weighted by atomic mass is 10.2. The first-order chi connectivity index (χ1) is 10.8. The zero-order valence-electron chi connectivity index (χ0n) is 12.3. The molecule has 1 fully saturated rings. The summed E-state index contributed by atoms with van der Waals surface area (Å²) in [5.41, 5.74) is 10.8. The van der Waals surface area contributed by atoms with Gasteiger partial charge in [-0.1, -0.05) is 18.2 Å². The van der Waals surface area contributed by atoms with Gasteiger partial charge in [-0.25, -0.2) is 0 Å². The Balaban J connectivity index is 0.000000241. The number of primary amides is 1. The van der Waals surface area contributed by atoms with Gasteiger partial charge in [-0.2, -0.15) is 0 Å². The van der Waals surface area contributed by atoms with E-state index in [9.17, 15) is 14.4 Å². The van der Waals surface area contributed by atoms with E-state index in [0.717, 1.165) is 5.69 Å². The number of nitrogens with one attached hydrogen (secondary N) is 1. The van der Waals surface area contributed by atoms with Gasteiger partial charge in [-0.15, -0.1) is 0 Å². The number of anilines is 1. The number of carbonyl (C=O) groups excluding carboxylic acids is 2. The molecule has 0 aromatic heterocycles. The molecule has 124 valence electrons. The number of nitrogens with two attached hydrogens (primary N) is 2. The Morgan fingerprint density at radius 2 is 1.96 bits per heavy atom. The maximum absolute atomic E-state index is 11.0. The van der Waals surface area contributed by atoms with Crippen molar-refractivity contribution in [3.05, 3.63) is 30.3 Å². The fourth-order valence-corrected chi connectivity index (χ4v) is 1.96. The maximum Gasteiger partial charge on any atom is 0.320 e. The summed E-state index contributed by atoms with van der Waals surface area (Å²) in [5, 5.41) is 11.3. The highest BCUT2D eigenvalue weighted by molar-refractivity contribution is 7.80. The monoisotopic (exact) mass is 338 g/mol. The van der Waals surface area contributed by atoms with E-state index in [0.29, 0.717) is 11.7 Å². The maximum atomic E-state index is 11.0. The van der Waals surface area contributed by atoms with Crippen LogP contribution >= 0.6 is 12.2 Å². The average Bonchev–Trinajstić information content (AvgIpc) is 2.85. The van der Waals surface area contributed by atoms with Crippen LogP contribution in [0.15, 0.2) is 30.3 Å². The molecule has 6 N–H and O–H groups in total. The van der Waals surface area contributed by atoms with E-state index >= 15 is 0 Å². The van der Waals surface area contributed by atoms with Crippen LogP contribution < -0.4 is 21.7 Å². The van der Waals surface area contributed by atoms with Crippen LogP contribution in [-0.4, -0.2) is 40.6 Å². The molecule has 2 rings (SSSR count). The zero-order chi connectivity index (χ0) is 17.4. The minimum absolute atomic E-state index is 0.0213. The Morgan fingerprint density at radius 1 is 1.35 bits per heavy atom. The second kappa shape index (κ2) is 8.81. The topological polar surface area (TPSA) is 139 Å². The van der Waals surface area contributed by atoms with Gasteiger partial charge in [0.1, 0.15) is 12.6 Å². The molecule has 0 unspecified atom stereocenters. The second-order valence-corrected chi connectivity index (χ2v) is 5.11. The van der Waals surface area contributed by atoms with Crippen molar-refractivity contribution in [2.45, 2.75) is 18.9 Å². The molecule has 0 aliphatic carbocycles. The Kier molecular flexibility index (Phi) is 7.10. The Morgan fingerprint density at radius 3 is 2.39 bits per heavy atom. The number of carboxylic acid groups (broad SMARTS) is 1. The number of nitrogens with zero attached hydrogens (tertiary/aromatic N) is 1. The molecule has 1 aliphatic rings. The number of benzene rings is 1. The first-order valence-electron chi connectivity index (χ1n) is 6.74. The van der Waals surface area contributed by atoms with Crippen LogP contribution in [0.5, 0.6) is 0 Å². The highest BCUT2D eigenvalue weighted by Gasteiger charge is 2.23. The molecule has 1 aromatic carbocycles. The molecule has 0 spiro atoms. The molecule has 0 saturated carbocycles.